The minimum Gasteiger partial charge on any atom is -0.348 e. The van der Waals surface area contributed by atoms with E-state index >= 15 is 0 Å². The van der Waals surface area contributed by atoms with Crippen LogP contribution in [0.2, 0.25) is 5.02 Å². The summed E-state index contributed by atoms with van der Waals surface area (Å²) in [6, 6.07) is 16.5. The number of hydrogen-bond donors (Lipinski definition) is 2. The van der Waals surface area contributed by atoms with Gasteiger partial charge >= 0.3 is 0 Å². The van der Waals surface area contributed by atoms with Crippen LogP contribution in [-0.2, 0) is 11.2 Å². The van der Waals surface area contributed by atoms with Gasteiger partial charge in [0, 0.05) is 5.02 Å². The van der Waals surface area contributed by atoms with Crippen LogP contribution < -0.4 is 11.1 Å². The molecule has 0 aromatic heterocycles. The molecule has 3 nitrogen and oxygen atoms in total. The number of carbonyl (C=O) groups excluding carboxylic acids is 1. The standard InChI is InChI=1S/C17H19ClN2O/c1-12(14-8-5-9-15(18)11-14)20-17(21)16(19)10-13-6-3-2-4-7-13/h2-9,11-12,16H,10,19H2,1H3,(H,20,21)/t12?,16-/m0/s1. The molecule has 0 bridgehead atoms. The van der Waals surface area contributed by atoms with Crippen LogP contribution in [0.25, 0.3) is 0 Å². The summed E-state index contributed by atoms with van der Waals surface area (Å²) < 4.78 is 0. The van der Waals surface area contributed by atoms with Crippen LogP contribution in [-0.4, -0.2) is 11.9 Å². The SMILES string of the molecule is CC(NC(=O)[C@@H](N)Cc1ccccc1)c1cccc(Cl)c1. The van der Waals surface area contributed by atoms with Crippen molar-refractivity contribution in [3.8, 4) is 0 Å². The van der Waals surface area contributed by atoms with E-state index in [-0.39, 0.29) is 11.9 Å². The third-order valence-corrected chi connectivity index (χ3v) is 3.58. The predicted molar refractivity (Wildman–Crippen MR) is 86.1 cm³/mol. The Hall–Kier alpha value is -1.84. The number of halogens is 1. The van der Waals surface area contributed by atoms with Crippen LogP contribution in [0.15, 0.2) is 54.6 Å². The van der Waals surface area contributed by atoms with E-state index < -0.39 is 6.04 Å². The summed E-state index contributed by atoms with van der Waals surface area (Å²) in [5, 5.41) is 3.58. The van der Waals surface area contributed by atoms with E-state index in [9.17, 15) is 4.79 Å². The van der Waals surface area contributed by atoms with Gasteiger partial charge in [-0.3, -0.25) is 4.79 Å². The van der Waals surface area contributed by atoms with E-state index in [1.54, 1.807) is 6.07 Å². The van der Waals surface area contributed by atoms with Gasteiger partial charge in [-0.1, -0.05) is 54.1 Å². The quantitative estimate of drug-likeness (QED) is 0.892. The Morgan fingerprint density at radius 3 is 2.57 bits per heavy atom. The molecular formula is C17H19ClN2O. The summed E-state index contributed by atoms with van der Waals surface area (Å²) in [6.45, 7) is 1.92. The van der Waals surface area contributed by atoms with Crippen molar-refractivity contribution in [2.75, 3.05) is 0 Å². The van der Waals surface area contributed by atoms with E-state index in [0.717, 1.165) is 11.1 Å². The fourth-order valence-electron chi connectivity index (χ4n) is 2.14. The highest BCUT2D eigenvalue weighted by Gasteiger charge is 2.17. The van der Waals surface area contributed by atoms with Crippen molar-refractivity contribution >= 4 is 17.5 Å². The third-order valence-electron chi connectivity index (χ3n) is 3.34. The third kappa shape index (κ3) is 4.59. The Bertz CT molecular complexity index is 601. The van der Waals surface area contributed by atoms with Crippen LogP contribution in [0, 0.1) is 0 Å². The Labute approximate surface area is 130 Å². The van der Waals surface area contributed by atoms with Crippen molar-refractivity contribution < 1.29 is 4.79 Å². The highest BCUT2D eigenvalue weighted by molar-refractivity contribution is 6.30. The van der Waals surface area contributed by atoms with Crippen molar-refractivity contribution in [2.24, 2.45) is 5.73 Å². The summed E-state index contributed by atoms with van der Waals surface area (Å²) in [4.78, 5) is 12.1. The van der Waals surface area contributed by atoms with Crippen LogP contribution in [0.3, 0.4) is 0 Å². The lowest BCUT2D eigenvalue weighted by molar-refractivity contribution is -0.123. The summed E-state index contributed by atoms with van der Waals surface area (Å²) in [6.07, 6.45) is 0.523. The van der Waals surface area contributed by atoms with Crippen LogP contribution >= 0.6 is 11.6 Å². The number of rotatable bonds is 5. The molecule has 4 heteroatoms. The fourth-order valence-corrected chi connectivity index (χ4v) is 2.34. The van der Waals surface area contributed by atoms with Crippen LogP contribution in [0.1, 0.15) is 24.1 Å². The number of carbonyl (C=O) groups is 1. The molecule has 110 valence electrons. The topological polar surface area (TPSA) is 55.1 Å². The Morgan fingerprint density at radius 1 is 1.19 bits per heavy atom. The van der Waals surface area contributed by atoms with Gasteiger partial charge < -0.3 is 11.1 Å². The van der Waals surface area contributed by atoms with Crippen molar-refractivity contribution in [1.82, 2.24) is 5.32 Å². The summed E-state index contributed by atoms with van der Waals surface area (Å²) in [5.74, 6) is -0.161. The van der Waals surface area contributed by atoms with Gasteiger partial charge in [0.15, 0.2) is 0 Å². The van der Waals surface area contributed by atoms with Gasteiger partial charge in [0.05, 0.1) is 12.1 Å². The number of nitrogens with one attached hydrogen (secondary N) is 1. The molecule has 0 spiro atoms. The van der Waals surface area contributed by atoms with E-state index in [4.69, 9.17) is 17.3 Å². The molecule has 2 atom stereocenters. The Morgan fingerprint density at radius 2 is 1.90 bits per heavy atom. The molecule has 0 aliphatic carbocycles. The monoisotopic (exact) mass is 302 g/mol. The molecule has 2 aromatic carbocycles. The highest BCUT2D eigenvalue weighted by atomic mass is 35.5. The molecule has 3 N–H and O–H groups in total. The van der Waals surface area contributed by atoms with Crippen molar-refractivity contribution in [3.63, 3.8) is 0 Å². The van der Waals surface area contributed by atoms with Gasteiger partial charge in [0.2, 0.25) is 5.91 Å². The van der Waals surface area contributed by atoms with Crippen LogP contribution in [0.4, 0.5) is 0 Å². The molecule has 2 aromatic rings. The molecular weight excluding hydrogens is 284 g/mol. The lowest BCUT2D eigenvalue weighted by Crippen LogP contribution is -2.42. The lowest BCUT2D eigenvalue weighted by Gasteiger charge is -2.18. The molecule has 21 heavy (non-hydrogen) atoms. The van der Waals surface area contributed by atoms with Gasteiger partial charge in [-0.25, -0.2) is 0 Å². The largest absolute Gasteiger partial charge is 0.348 e. The molecule has 1 unspecified atom stereocenters. The molecule has 0 fully saturated rings. The molecule has 0 heterocycles. The lowest BCUT2D eigenvalue weighted by atomic mass is 10.0. The predicted octanol–water partition coefficient (Wildman–Crippen LogP) is 3.09. The minimum atomic E-state index is -0.561. The molecule has 0 aliphatic rings. The van der Waals surface area contributed by atoms with Crippen molar-refractivity contribution in [2.45, 2.75) is 25.4 Å². The van der Waals surface area contributed by atoms with Crippen molar-refractivity contribution in [3.05, 3.63) is 70.7 Å². The molecule has 0 saturated carbocycles. The molecule has 0 radical (unpaired) electrons. The zero-order chi connectivity index (χ0) is 15.2. The number of amides is 1. The second kappa shape index (κ2) is 7.25. The first-order valence-electron chi connectivity index (χ1n) is 6.91. The van der Waals surface area contributed by atoms with Gasteiger partial charge in [-0.2, -0.15) is 0 Å². The molecule has 0 saturated heterocycles. The first-order valence-corrected chi connectivity index (χ1v) is 7.29. The summed E-state index contributed by atoms with van der Waals surface area (Å²) >= 11 is 5.96. The smallest absolute Gasteiger partial charge is 0.237 e. The maximum atomic E-state index is 12.1. The first-order chi connectivity index (χ1) is 10.1. The van der Waals surface area contributed by atoms with Crippen LogP contribution in [0.5, 0.6) is 0 Å². The number of benzene rings is 2. The molecule has 1 amide bonds. The first kappa shape index (κ1) is 15.5. The van der Waals surface area contributed by atoms with Gasteiger partial charge in [-0.15, -0.1) is 0 Å². The minimum absolute atomic E-state index is 0.127. The summed E-state index contributed by atoms with van der Waals surface area (Å²) in [7, 11) is 0. The average Bonchev–Trinajstić information content (AvgIpc) is 2.48. The maximum absolute atomic E-state index is 12.1. The van der Waals surface area contributed by atoms with Gasteiger partial charge in [0.25, 0.3) is 0 Å². The Balaban J connectivity index is 1.94. The summed E-state index contributed by atoms with van der Waals surface area (Å²) in [5.41, 5.74) is 7.98. The second-order valence-corrected chi connectivity index (χ2v) is 5.52. The Kier molecular flexibility index (Phi) is 5.37. The van der Waals surface area contributed by atoms with Gasteiger partial charge in [-0.05, 0) is 36.6 Å². The molecule has 0 aliphatic heterocycles. The van der Waals surface area contributed by atoms with Crippen molar-refractivity contribution in [1.29, 1.82) is 0 Å². The van der Waals surface area contributed by atoms with E-state index in [0.29, 0.717) is 11.4 Å². The van der Waals surface area contributed by atoms with Gasteiger partial charge in [0.1, 0.15) is 0 Å². The maximum Gasteiger partial charge on any atom is 0.237 e. The van der Waals surface area contributed by atoms with E-state index in [2.05, 4.69) is 5.32 Å². The van der Waals surface area contributed by atoms with E-state index in [1.165, 1.54) is 0 Å². The zero-order valence-electron chi connectivity index (χ0n) is 11.9. The number of nitrogens with two attached hydrogens (primary N) is 1. The second-order valence-electron chi connectivity index (χ2n) is 5.08. The molecule has 2 rings (SSSR count). The highest BCUT2D eigenvalue weighted by Crippen LogP contribution is 2.17. The fraction of sp³-hybridized carbons (Fsp3) is 0.235. The zero-order valence-corrected chi connectivity index (χ0v) is 12.7. The van der Waals surface area contributed by atoms with E-state index in [1.807, 2.05) is 55.5 Å². The normalized spacial score (nSPS) is 13.5. The number of hydrogen-bond acceptors (Lipinski definition) is 2. The average molecular weight is 303 g/mol.